The predicted octanol–water partition coefficient (Wildman–Crippen LogP) is 2.82. The second kappa shape index (κ2) is 16.2. The van der Waals surface area contributed by atoms with E-state index in [1.807, 2.05) is 26.0 Å². The zero-order chi connectivity index (χ0) is 42.5. The average Bonchev–Trinajstić information content (AvgIpc) is 4.07. The molecule has 0 unspecified atom stereocenters. The SMILES string of the molecule is CC[C@@H]1C[C@H](C)CC/C=C\[C@@H]2C[C@@]2(C(=O)NS(=O)(=O)C2(C)CC2)NC(=O)[C@@H]2C[C@@H](Oc3ncc(OC)c4ccc(F)cc34)CN2C(=O)[C@H]1NC(=O)N1CCS(=O)(=O)CC1. The van der Waals surface area contributed by atoms with E-state index in [0.29, 0.717) is 55.0 Å². The minimum Gasteiger partial charge on any atom is -0.494 e. The summed E-state index contributed by atoms with van der Waals surface area (Å²) in [6, 6.07) is 1.06. The lowest BCUT2D eigenvalue weighted by atomic mass is 9.85. The Hall–Kier alpha value is -4.52. The van der Waals surface area contributed by atoms with E-state index in [1.165, 1.54) is 41.3 Å². The van der Waals surface area contributed by atoms with Crippen LogP contribution in [-0.4, -0.2) is 122 Å². The number of aromatic nitrogens is 1. The molecule has 1 aromatic heterocycles. The van der Waals surface area contributed by atoms with Crippen molar-refractivity contribution >= 4 is 54.4 Å². The van der Waals surface area contributed by atoms with Crippen molar-refractivity contribution in [1.29, 1.82) is 0 Å². The smallest absolute Gasteiger partial charge is 0.318 e. The van der Waals surface area contributed by atoms with Crippen molar-refractivity contribution < 1.29 is 49.9 Å². The highest BCUT2D eigenvalue weighted by Gasteiger charge is 2.63. The number of sulfonamides is 1. The summed E-state index contributed by atoms with van der Waals surface area (Å²) in [5.74, 6) is -3.52. The highest BCUT2D eigenvalue weighted by molar-refractivity contribution is 7.91. The van der Waals surface area contributed by atoms with E-state index in [-0.39, 0.29) is 61.7 Å². The molecule has 322 valence electrons. The van der Waals surface area contributed by atoms with E-state index in [1.54, 1.807) is 6.92 Å². The number of nitrogens with one attached hydrogen (secondary N) is 3. The van der Waals surface area contributed by atoms with Gasteiger partial charge in [-0.15, -0.1) is 0 Å². The Balaban J connectivity index is 1.24. The molecule has 7 rings (SSSR count). The van der Waals surface area contributed by atoms with Crippen LogP contribution in [0.1, 0.15) is 72.1 Å². The van der Waals surface area contributed by atoms with Crippen LogP contribution in [0, 0.1) is 23.6 Å². The molecular weight excluding hydrogens is 808 g/mol. The normalized spacial score (nSPS) is 31.1. The number of amides is 5. The highest BCUT2D eigenvalue weighted by Crippen LogP contribution is 2.48. The Morgan fingerprint density at radius 3 is 2.53 bits per heavy atom. The standard InChI is InChI=1S/C40H53FN6O10S2/c1-5-25-18-24(2)8-6-7-9-26-21-40(26,37(50)45-59(54,55)39(3)12-13-39)44-34(48)31-20-28(57-35-30-19-27(41)10-11-29(30)32(56-4)22-42-35)23-47(31)36(49)33(25)43-38(51)46-14-16-58(52,53)17-15-46/h7,9-11,19,22,24-26,28,31,33H,5-6,8,12-18,20-21,23H2,1-4H3,(H,43,51)(H,44,48)(H,45,50)/b9-7-/t24-,25-,26-,28-,31+,33+,40-/m1/s1. The lowest BCUT2D eigenvalue weighted by Gasteiger charge is -2.36. The average molecular weight is 861 g/mol. The van der Waals surface area contributed by atoms with Crippen molar-refractivity contribution in [3.05, 3.63) is 42.4 Å². The summed E-state index contributed by atoms with van der Waals surface area (Å²) < 4.78 is 78.4. The second-order valence-corrected chi connectivity index (χ2v) is 21.5. The van der Waals surface area contributed by atoms with Gasteiger partial charge in [-0.25, -0.2) is 31.0 Å². The van der Waals surface area contributed by atoms with Crippen LogP contribution in [0.25, 0.3) is 10.8 Å². The van der Waals surface area contributed by atoms with Crippen molar-refractivity contribution in [3.63, 3.8) is 0 Å². The largest absolute Gasteiger partial charge is 0.494 e. The lowest BCUT2D eigenvalue weighted by Crippen LogP contribution is -2.60. The van der Waals surface area contributed by atoms with E-state index in [9.17, 15) is 35.6 Å². The minimum atomic E-state index is -4.06. The second-order valence-electron chi connectivity index (χ2n) is 17.0. The van der Waals surface area contributed by atoms with Crippen LogP contribution in [0.2, 0.25) is 0 Å². The molecule has 4 fully saturated rings. The number of pyridine rings is 1. The molecule has 5 aliphatic rings. The number of sulfone groups is 1. The summed E-state index contributed by atoms with van der Waals surface area (Å²) in [7, 11) is -5.91. The van der Waals surface area contributed by atoms with Gasteiger partial charge in [-0.2, -0.15) is 0 Å². The number of fused-ring (bicyclic) bond motifs is 3. The highest BCUT2D eigenvalue weighted by atomic mass is 32.2. The molecule has 0 bridgehead atoms. The number of rotatable bonds is 8. The van der Waals surface area contributed by atoms with Crippen molar-refractivity contribution in [2.45, 2.75) is 101 Å². The Labute approximate surface area is 344 Å². The molecule has 3 aliphatic heterocycles. The van der Waals surface area contributed by atoms with Crippen LogP contribution in [0.5, 0.6) is 11.6 Å². The van der Waals surface area contributed by atoms with Crippen molar-refractivity contribution in [2.24, 2.45) is 17.8 Å². The van der Waals surface area contributed by atoms with E-state index in [2.05, 4.69) is 20.3 Å². The fourth-order valence-corrected chi connectivity index (χ4v) is 11.0. The number of carbonyl (C=O) groups is 4. The molecular formula is C40H53FN6O10S2. The Morgan fingerprint density at radius 1 is 1.12 bits per heavy atom. The number of benzene rings is 1. The van der Waals surface area contributed by atoms with Gasteiger partial charge in [-0.3, -0.25) is 19.1 Å². The van der Waals surface area contributed by atoms with Gasteiger partial charge >= 0.3 is 6.03 Å². The minimum absolute atomic E-state index is 0.0353. The number of ether oxygens (including phenoxy) is 2. The van der Waals surface area contributed by atoms with Gasteiger partial charge in [0, 0.05) is 30.8 Å². The summed E-state index contributed by atoms with van der Waals surface area (Å²) in [5.41, 5.74) is -1.61. The van der Waals surface area contributed by atoms with E-state index >= 15 is 4.79 Å². The Bertz CT molecular complexity index is 2260. The molecule has 2 saturated carbocycles. The van der Waals surface area contributed by atoms with Crippen LogP contribution >= 0.6 is 0 Å². The molecule has 59 heavy (non-hydrogen) atoms. The summed E-state index contributed by atoms with van der Waals surface area (Å²) >= 11 is 0. The molecule has 7 atom stereocenters. The molecule has 2 saturated heterocycles. The molecule has 5 amide bonds. The first-order chi connectivity index (χ1) is 27.9. The molecule has 2 aromatic rings. The first kappa shape index (κ1) is 42.6. The van der Waals surface area contributed by atoms with Crippen molar-refractivity contribution in [1.82, 2.24) is 30.1 Å². The van der Waals surface area contributed by atoms with E-state index in [0.717, 1.165) is 0 Å². The molecule has 3 N–H and O–H groups in total. The molecule has 2 aliphatic carbocycles. The van der Waals surface area contributed by atoms with Gasteiger partial charge in [0.15, 0.2) is 9.84 Å². The zero-order valence-electron chi connectivity index (χ0n) is 33.7. The Morgan fingerprint density at radius 2 is 1.85 bits per heavy atom. The van der Waals surface area contributed by atoms with Crippen LogP contribution < -0.4 is 24.8 Å². The number of urea groups is 1. The fourth-order valence-electron chi connectivity index (χ4n) is 8.53. The Kier molecular flexibility index (Phi) is 11.7. The molecule has 0 radical (unpaired) electrons. The molecule has 16 nitrogen and oxygen atoms in total. The third-order valence-electron chi connectivity index (χ3n) is 12.8. The molecule has 0 spiro atoms. The van der Waals surface area contributed by atoms with Crippen LogP contribution in [0.4, 0.5) is 9.18 Å². The molecule has 1 aromatic carbocycles. The first-order valence-corrected chi connectivity index (χ1v) is 23.6. The lowest BCUT2D eigenvalue weighted by molar-refractivity contribution is -0.142. The molecule has 19 heteroatoms. The number of hydrogen-bond donors (Lipinski definition) is 3. The van der Waals surface area contributed by atoms with Crippen molar-refractivity contribution in [3.8, 4) is 11.6 Å². The van der Waals surface area contributed by atoms with Gasteiger partial charge in [-0.05, 0) is 75.5 Å². The number of carbonyl (C=O) groups excluding carboxylic acids is 4. The third-order valence-corrected chi connectivity index (χ3v) is 16.6. The quantitative estimate of drug-likeness (QED) is 0.329. The van der Waals surface area contributed by atoms with Gasteiger partial charge in [0.25, 0.3) is 5.91 Å². The monoisotopic (exact) mass is 860 g/mol. The maximum Gasteiger partial charge on any atom is 0.318 e. The molecule has 4 heterocycles. The first-order valence-electron chi connectivity index (χ1n) is 20.3. The topological polar surface area (TPSA) is 210 Å². The summed E-state index contributed by atoms with van der Waals surface area (Å²) in [5, 5.41) is 6.59. The van der Waals surface area contributed by atoms with Gasteiger partial charge in [0.2, 0.25) is 27.7 Å². The third kappa shape index (κ3) is 8.72. The fraction of sp³-hybridized carbons (Fsp3) is 0.625. The van der Waals surface area contributed by atoms with Gasteiger partial charge in [0.05, 0.1) is 41.5 Å². The van der Waals surface area contributed by atoms with Crippen LogP contribution in [-0.2, 0) is 34.2 Å². The zero-order valence-corrected chi connectivity index (χ0v) is 35.4. The maximum absolute atomic E-state index is 15.1. The number of methoxy groups -OCH3 is 1. The van der Waals surface area contributed by atoms with Gasteiger partial charge < -0.3 is 29.9 Å². The number of halogens is 1. The number of hydrogen-bond acceptors (Lipinski definition) is 11. The predicted molar refractivity (Wildman–Crippen MR) is 215 cm³/mol. The van der Waals surface area contributed by atoms with Gasteiger partial charge in [0.1, 0.15) is 35.3 Å². The maximum atomic E-state index is 15.1. The summed E-state index contributed by atoms with van der Waals surface area (Å²) in [4.78, 5) is 64.5. The summed E-state index contributed by atoms with van der Waals surface area (Å²) in [6.07, 6.45) is 7.51. The van der Waals surface area contributed by atoms with E-state index < -0.39 is 83.8 Å². The van der Waals surface area contributed by atoms with Crippen molar-refractivity contribution in [2.75, 3.05) is 38.2 Å². The van der Waals surface area contributed by atoms with Crippen LogP contribution in [0.3, 0.4) is 0 Å². The summed E-state index contributed by atoms with van der Waals surface area (Å²) in [6.45, 7) is 5.29. The van der Waals surface area contributed by atoms with Gasteiger partial charge in [-0.1, -0.05) is 32.4 Å². The number of nitrogens with zero attached hydrogens (tertiary/aromatic N) is 3. The van der Waals surface area contributed by atoms with Crippen LogP contribution in [0.15, 0.2) is 36.5 Å². The van der Waals surface area contributed by atoms with E-state index in [4.69, 9.17) is 9.47 Å². The number of allylic oxidation sites excluding steroid dienone is 1.